The maximum absolute atomic E-state index is 11.2. The van der Waals surface area contributed by atoms with Gasteiger partial charge in [-0.1, -0.05) is 23.2 Å². The van der Waals surface area contributed by atoms with E-state index in [1.165, 1.54) is 11.8 Å². The van der Waals surface area contributed by atoms with E-state index in [1.807, 2.05) is 6.08 Å². The van der Waals surface area contributed by atoms with Crippen LogP contribution in [0.15, 0.2) is 46.0 Å². The highest BCUT2D eigenvalue weighted by molar-refractivity contribution is 6.32. The molecule has 3 nitrogen and oxygen atoms in total. The normalized spacial score (nSPS) is 19.3. The summed E-state index contributed by atoms with van der Waals surface area (Å²) in [5.41, 5.74) is 1.56. The molecule has 0 unspecified atom stereocenters. The van der Waals surface area contributed by atoms with E-state index >= 15 is 0 Å². The largest absolute Gasteiger partial charge is 0.343 e. The molecule has 0 aliphatic carbocycles. The molecule has 5 heteroatoms. The number of nitrogens with one attached hydrogen (secondary N) is 1. The van der Waals surface area contributed by atoms with Gasteiger partial charge in [-0.25, -0.2) is 0 Å². The van der Waals surface area contributed by atoms with E-state index in [9.17, 15) is 4.79 Å². The van der Waals surface area contributed by atoms with Crippen LogP contribution in [0.25, 0.3) is 0 Å². The smallest absolute Gasteiger partial charge is 0.228 e. The fraction of sp³-hybridized carbons (Fsp3) is 0.100. The molecule has 15 heavy (non-hydrogen) atoms. The number of rotatable bonds is 0. The molecule has 0 spiro atoms. The second-order valence-corrected chi connectivity index (χ2v) is 3.90. The monoisotopic (exact) mass is 242 g/mol. The first-order valence-corrected chi connectivity index (χ1v) is 5.08. The molecule has 0 fully saturated rings. The van der Waals surface area contributed by atoms with E-state index in [4.69, 9.17) is 23.2 Å². The number of carbonyl (C=O) groups is 1. The SMILES string of the molecule is CC(=O)N1C=CC2=CC=C(Cl)NC2=C1Cl. The lowest BCUT2D eigenvalue weighted by Crippen LogP contribution is -2.28. The lowest BCUT2D eigenvalue weighted by Gasteiger charge is -2.26. The molecular weight excluding hydrogens is 235 g/mol. The van der Waals surface area contributed by atoms with E-state index in [-0.39, 0.29) is 5.91 Å². The molecule has 0 radical (unpaired) electrons. The first-order chi connectivity index (χ1) is 7.09. The Hall–Kier alpha value is -1.19. The molecule has 2 rings (SSSR count). The minimum Gasteiger partial charge on any atom is -0.343 e. The fourth-order valence-corrected chi connectivity index (χ4v) is 1.86. The van der Waals surface area contributed by atoms with Gasteiger partial charge in [-0.3, -0.25) is 9.69 Å². The van der Waals surface area contributed by atoms with Crippen molar-refractivity contribution in [1.29, 1.82) is 0 Å². The number of halogens is 2. The van der Waals surface area contributed by atoms with Gasteiger partial charge in [-0.05, 0) is 18.2 Å². The molecule has 0 aromatic heterocycles. The minimum absolute atomic E-state index is 0.143. The standard InChI is InChI=1S/C10H8Cl2N2O/c1-6(15)14-5-4-7-2-3-8(11)13-9(7)10(14)12/h2-5,13H,1H3. The van der Waals surface area contributed by atoms with Crippen molar-refractivity contribution in [3.8, 4) is 0 Å². The van der Waals surface area contributed by atoms with Crippen LogP contribution in [0.2, 0.25) is 0 Å². The van der Waals surface area contributed by atoms with Gasteiger partial charge in [0.1, 0.15) is 10.3 Å². The maximum Gasteiger partial charge on any atom is 0.228 e. The third kappa shape index (κ3) is 1.80. The summed E-state index contributed by atoms with van der Waals surface area (Å²) in [4.78, 5) is 12.6. The average molecular weight is 243 g/mol. The molecule has 0 bridgehead atoms. The third-order valence-corrected chi connectivity index (χ3v) is 2.69. The third-order valence-electron chi connectivity index (χ3n) is 2.10. The quantitative estimate of drug-likeness (QED) is 0.662. The Labute approximate surface area is 97.3 Å². The summed E-state index contributed by atoms with van der Waals surface area (Å²) >= 11 is 11.9. The highest BCUT2D eigenvalue weighted by Crippen LogP contribution is 2.29. The van der Waals surface area contributed by atoms with E-state index in [2.05, 4.69) is 5.32 Å². The van der Waals surface area contributed by atoms with Gasteiger partial charge in [0.2, 0.25) is 5.91 Å². The number of allylic oxidation sites excluding steroid dienone is 3. The molecule has 2 heterocycles. The van der Waals surface area contributed by atoms with Crippen LogP contribution in [0.1, 0.15) is 6.92 Å². The van der Waals surface area contributed by atoms with Crippen molar-refractivity contribution in [1.82, 2.24) is 10.2 Å². The Morgan fingerprint density at radius 3 is 2.80 bits per heavy atom. The van der Waals surface area contributed by atoms with E-state index in [1.54, 1.807) is 18.4 Å². The van der Waals surface area contributed by atoms with Crippen LogP contribution >= 0.6 is 23.2 Å². The summed E-state index contributed by atoms with van der Waals surface area (Å²) < 4.78 is 0. The van der Waals surface area contributed by atoms with E-state index in [0.29, 0.717) is 16.0 Å². The Kier molecular flexibility index (Phi) is 2.59. The van der Waals surface area contributed by atoms with Crippen LogP contribution in [-0.2, 0) is 4.79 Å². The predicted molar refractivity (Wildman–Crippen MR) is 59.7 cm³/mol. The molecule has 2 aliphatic heterocycles. The zero-order valence-electron chi connectivity index (χ0n) is 7.92. The minimum atomic E-state index is -0.143. The molecule has 1 amide bonds. The molecule has 0 saturated carbocycles. The Bertz CT molecular complexity index is 446. The fourth-order valence-electron chi connectivity index (χ4n) is 1.37. The Morgan fingerprint density at radius 2 is 2.13 bits per heavy atom. The number of nitrogens with zero attached hydrogens (tertiary/aromatic N) is 1. The number of carbonyl (C=O) groups excluding carboxylic acids is 1. The Balaban J connectivity index is 2.44. The molecule has 2 aliphatic rings. The van der Waals surface area contributed by atoms with Crippen LogP contribution < -0.4 is 5.32 Å². The van der Waals surface area contributed by atoms with Crippen molar-refractivity contribution in [2.75, 3.05) is 0 Å². The van der Waals surface area contributed by atoms with Crippen molar-refractivity contribution in [3.63, 3.8) is 0 Å². The summed E-state index contributed by atoms with van der Waals surface area (Å²) in [5.74, 6) is -0.143. The van der Waals surface area contributed by atoms with Gasteiger partial charge in [0, 0.05) is 18.7 Å². The highest BCUT2D eigenvalue weighted by atomic mass is 35.5. The predicted octanol–water partition coefficient (Wildman–Crippen LogP) is 2.38. The van der Waals surface area contributed by atoms with Gasteiger partial charge in [0.25, 0.3) is 0 Å². The first-order valence-electron chi connectivity index (χ1n) is 4.32. The van der Waals surface area contributed by atoms with Gasteiger partial charge in [0.05, 0.1) is 5.70 Å². The number of fused-ring (bicyclic) bond motifs is 1. The molecule has 0 atom stereocenters. The topological polar surface area (TPSA) is 32.3 Å². The lowest BCUT2D eigenvalue weighted by atomic mass is 10.1. The highest BCUT2D eigenvalue weighted by Gasteiger charge is 2.22. The maximum atomic E-state index is 11.2. The van der Waals surface area contributed by atoms with Gasteiger partial charge < -0.3 is 5.32 Å². The molecule has 1 N–H and O–H groups in total. The van der Waals surface area contributed by atoms with Crippen LogP contribution in [0, 0.1) is 0 Å². The number of hydrogen-bond acceptors (Lipinski definition) is 2. The van der Waals surface area contributed by atoms with Crippen molar-refractivity contribution in [3.05, 3.63) is 46.0 Å². The summed E-state index contributed by atoms with van der Waals surface area (Å²) in [6.07, 6.45) is 7.01. The number of hydrogen-bond donors (Lipinski definition) is 1. The van der Waals surface area contributed by atoms with E-state index < -0.39 is 0 Å². The summed E-state index contributed by atoms with van der Waals surface area (Å²) in [6.45, 7) is 1.45. The summed E-state index contributed by atoms with van der Waals surface area (Å²) in [6, 6.07) is 0. The summed E-state index contributed by atoms with van der Waals surface area (Å²) in [7, 11) is 0. The van der Waals surface area contributed by atoms with E-state index in [0.717, 1.165) is 5.57 Å². The van der Waals surface area contributed by atoms with Crippen molar-refractivity contribution in [2.24, 2.45) is 0 Å². The average Bonchev–Trinajstić information content (AvgIpc) is 2.19. The first kappa shape index (κ1) is 10.3. The van der Waals surface area contributed by atoms with Gasteiger partial charge in [-0.2, -0.15) is 0 Å². The number of amides is 1. The van der Waals surface area contributed by atoms with Gasteiger partial charge >= 0.3 is 0 Å². The van der Waals surface area contributed by atoms with Crippen molar-refractivity contribution in [2.45, 2.75) is 6.92 Å². The van der Waals surface area contributed by atoms with Gasteiger partial charge in [-0.15, -0.1) is 0 Å². The van der Waals surface area contributed by atoms with Crippen LogP contribution in [-0.4, -0.2) is 10.8 Å². The van der Waals surface area contributed by atoms with Crippen LogP contribution in [0.4, 0.5) is 0 Å². The van der Waals surface area contributed by atoms with Crippen LogP contribution in [0.3, 0.4) is 0 Å². The zero-order valence-corrected chi connectivity index (χ0v) is 9.43. The molecule has 0 saturated heterocycles. The van der Waals surface area contributed by atoms with Crippen LogP contribution in [0.5, 0.6) is 0 Å². The second-order valence-electron chi connectivity index (χ2n) is 3.13. The number of dihydropyridines is 1. The lowest BCUT2D eigenvalue weighted by molar-refractivity contribution is -0.124. The zero-order chi connectivity index (χ0) is 11.0. The van der Waals surface area contributed by atoms with Crippen molar-refractivity contribution < 1.29 is 4.79 Å². The summed E-state index contributed by atoms with van der Waals surface area (Å²) in [5, 5.41) is 3.73. The molecule has 0 aromatic rings. The molecule has 78 valence electrons. The molecular formula is C10H8Cl2N2O. The molecule has 0 aromatic carbocycles. The second kappa shape index (κ2) is 3.76. The van der Waals surface area contributed by atoms with Crippen molar-refractivity contribution >= 4 is 29.1 Å². The van der Waals surface area contributed by atoms with Gasteiger partial charge in [0.15, 0.2) is 0 Å². The Morgan fingerprint density at radius 1 is 1.40 bits per heavy atom.